The highest BCUT2D eigenvalue weighted by molar-refractivity contribution is 5.14. The Morgan fingerprint density at radius 3 is 2.41 bits per heavy atom. The quantitative estimate of drug-likeness (QED) is 0.780. The fraction of sp³-hybridized carbons (Fsp3) is 0.600. The van der Waals surface area contributed by atoms with E-state index in [4.69, 9.17) is 0 Å². The van der Waals surface area contributed by atoms with Gasteiger partial charge in [0.15, 0.2) is 0 Å². The summed E-state index contributed by atoms with van der Waals surface area (Å²) in [6.07, 6.45) is 1.19. The van der Waals surface area contributed by atoms with Gasteiger partial charge < -0.3 is 5.32 Å². The van der Waals surface area contributed by atoms with Crippen LogP contribution in [0, 0.1) is 0 Å². The standard InChI is InChI=1S/C15H26N2/c1-5-13(2)16-11-14(3)17(4)12-15-9-7-6-8-10-15/h6-10,13-14,16H,5,11-12H2,1-4H3. The van der Waals surface area contributed by atoms with Crippen molar-refractivity contribution in [3.8, 4) is 0 Å². The molecule has 0 aliphatic heterocycles. The average molecular weight is 234 g/mol. The molecule has 0 aromatic heterocycles. The highest BCUT2D eigenvalue weighted by Gasteiger charge is 2.10. The number of nitrogens with one attached hydrogen (secondary N) is 1. The first-order valence-corrected chi connectivity index (χ1v) is 6.61. The van der Waals surface area contributed by atoms with Crippen LogP contribution in [-0.4, -0.2) is 30.6 Å². The van der Waals surface area contributed by atoms with Crippen molar-refractivity contribution in [2.75, 3.05) is 13.6 Å². The van der Waals surface area contributed by atoms with Crippen molar-refractivity contribution in [1.29, 1.82) is 0 Å². The summed E-state index contributed by atoms with van der Waals surface area (Å²) in [7, 11) is 2.19. The molecular weight excluding hydrogens is 208 g/mol. The third kappa shape index (κ3) is 5.33. The maximum absolute atomic E-state index is 3.56. The highest BCUT2D eigenvalue weighted by atomic mass is 15.1. The molecule has 0 fully saturated rings. The lowest BCUT2D eigenvalue weighted by Crippen LogP contribution is -2.40. The van der Waals surface area contributed by atoms with Crippen LogP contribution in [0.5, 0.6) is 0 Å². The summed E-state index contributed by atoms with van der Waals surface area (Å²) in [6.45, 7) is 8.81. The van der Waals surface area contributed by atoms with Crippen LogP contribution >= 0.6 is 0 Å². The first-order chi connectivity index (χ1) is 8.13. The zero-order valence-corrected chi connectivity index (χ0v) is 11.6. The lowest BCUT2D eigenvalue weighted by Gasteiger charge is -2.26. The van der Waals surface area contributed by atoms with Gasteiger partial charge in [0, 0.05) is 25.2 Å². The molecule has 0 aliphatic rings. The molecule has 0 saturated heterocycles. The van der Waals surface area contributed by atoms with Crippen LogP contribution < -0.4 is 5.32 Å². The molecule has 0 saturated carbocycles. The Hall–Kier alpha value is -0.860. The van der Waals surface area contributed by atoms with Crippen molar-refractivity contribution in [1.82, 2.24) is 10.2 Å². The van der Waals surface area contributed by atoms with Gasteiger partial charge in [0.25, 0.3) is 0 Å². The lowest BCUT2D eigenvalue weighted by atomic mass is 10.2. The molecule has 0 aliphatic carbocycles. The van der Waals surface area contributed by atoms with Crippen molar-refractivity contribution in [3.63, 3.8) is 0 Å². The predicted molar refractivity (Wildman–Crippen MR) is 75.1 cm³/mol. The smallest absolute Gasteiger partial charge is 0.0234 e. The molecule has 2 unspecified atom stereocenters. The van der Waals surface area contributed by atoms with Gasteiger partial charge in [-0.1, -0.05) is 37.3 Å². The van der Waals surface area contributed by atoms with E-state index in [1.807, 2.05) is 0 Å². The number of hydrogen-bond donors (Lipinski definition) is 1. The molecule has 2 nitrogen and oxygen atoms in total. The summed E-state index contributed by atoms with van der Waals surface area (Å²) in [5.74, 6) is 0. The summed E-state index contributed by atoms with van der Waals surface area (Å²) < 4.78 is 0. The van der Waals surface area contributed by atoms with E-state index in [9.17, 15) is 0 Å². The van der Waals surface area contributed by atoms with Crippen LogP contribution in [0.25, 0.3) is 0 Å². The number of hydrogen-bond acceptors (Lipinski definition) is 2. The summed E-state index contributed by atoms with van der Waals surface area (Å²) in [5, 5.41) is 3.56. The second-order valence-corrected chi connectivity index (χ2v) is 4.97. The predicted octanol–water partition coefficient (Wildman–Crippen LogP) is 2.90. The van der Waals surface area contributed by atoms with Gasteiger partial charge in [-0.3, -0.25) is 4.90 Å². The normalized spacial score (nSPS) is 14.9. The topological polar surface area (TPSA) is 15.3 Å². The third-order valence-corrected chi connectivity index (χ3v) is 3.40. The fourth-order valence-electron chi connectivity index (χ4n) is 1.70. The summed E-state index contributed by atoms with van der Waals surface area (Å²) in [4.78, 5) is 2.39. The van der Waals surface area contributed by atoms with Crippen molar-refractivity contribution in [3.05, 3.63) is 35.9 Å². The van der Waals surface area contributed by atoms with E-state index in [1.165, 1.54) is 12.0 Å². The SMILES string of the molecule is CCC(C)NCC(C)N(C)Cc1ccccc1. The van der Waals surface area contributed by atoms with Gasteiger partial charge in [0.1, 0.15) is 0 Å². The fourth-order valence-corrected chi connectivity index (χ4v) is 1.70. The van der Waals surface area contributed by atoms with Crippen LogP contribution in [0.15, 0.2) is 30.3 Å². The van der Waals surface area contributed by atoms with Gasteiger partial charge in [-0.05, 0) is 32.9 Å². The molecule has 1 N–H and O–H groups in total. The summed E-state index contributed by atoms with van der Waals surface area (Å²) in [5.41, 5.74) is 1.38. The highest BCUT2D eigenvalue weighted by Crippen LogP contribution is 2.05. The largest absolute Gasteiger partial charge is 0.313 e. The van der Waals surface area contributed by atoms with Gasteiger partial charge in [-0.15, -0.1) is 0 Å². The van der Waals surface area contributed by atoms with E-state index in [-0.39, 0.29) is 0 Å². The minimum atomic E-state index is 0.559. The van der Waals surface area contributed by atoms with Crippen LogP contribution in [0.3, 0.4) is 0 Å². The third-order valence-electron chi connectivity index (χ3n) is 3.40. The Morgan fingerprint density at radius 1 is 1.18 bits per heavy atom. The van der Waals surface area contributed by atoms with Crippen LogP contribution in [-0.2, 0) is 6.54 Å². The van der Waals surface area contributed by atoms with Gasteiger partial charge >= 0.3 is 0 Å². The molecule has 0 heterocycles. The van der Waals surface area contributed by atoms with Crippen LogP contribution in [0.4, 0.5) is 0 Å². The van der Waals surface area contributed by atoms with E-state index in [0.29, 0.717) is 12.1 Å². The molecule has 17 heavy (non-hydrogen) atoms. The van der Waals surface area contributed by atoms with Gasteiger partial charge in [-0.25, -0.2) is 0 Å². The Bertz CT molecular complexity index is 297. The number of benzene rings is 1. The average Bonchev–Trinajstić information content (AvgIpc) is 2.36. The molecule has 96 valence electrons. The number of nitrogens with zero attached hydrogens (tertiary/aromatic N) is 1. The Labute approximate surface area is 106 Å². The molecule has 1 aromatic rings. The van der Waals surface area contributed by atoms with Crippen molar-refractivity contribution in [2.45, 2.75) is 45.8 Å². The van der Waals surface area contributed by atoms with Crippen molar-refractivity contribution < 1.29 is 0 Å². The van der Waals surface area contributed by atoms with Gasteiger partial charge in [0.2, 0.25) is 0 Å². The summed E-state index contributed by atoms with van der Waals surface area (Å²) in [6, 6.07) is 11.8. The second kappa shape index (κ2) is 7.46. The first-order valence-electron chi connectivity index (χ1n) is 6.61. The lowest BCUT2D eigenvalue weighted by molar-refractivity contribution is 0.237. The van der Waals surface area contributed by atoms with Crippen LogP contribution in [0.1, 0.15) is 32.8 Å². The second-order valence-electron chi connectivity index (χ2n) is 4.97. The van der Waals surface area contributed by atoms with Gasteiger partial charge in [0.05, 0.1) is 0 Å². The van der Waals surface area contributed by atoms with E-state index in [0.717, 1.165) is 13.1 Å². The molecule has 0 bridgehead atoms. The number of rotatable bonds is 7. The summed E-state index contributed by atoms with van der Waals surface area (Å²) >= 11 is 0. The maximum Gasteiger partial charge on any atom is 0.0234 e. The molecule has 0 spiro atoms. The van der Waals surface area contributed by atoms with Crippen molar-refractivity contribution in [2.24, 2.45) is 0 Å². The molecule has 0 radical (unpaired) electrons. The molecule has 2 atom stereocenters. The van der Waals surface area contributed by atoms with E-state index in [2.05, 4.69) is 68.4 Å². The van der Waals surface area contributed by atoms with E-state index in [1.54, 1.807) is 0 Å². The molecule has 1 rings (SSSR count). The minimum Gasteiger partial charge on any atom is -0.313 e. The zero-order chi connectivity index (χ0) is 12.7. The van der Waals surface area contributed by atoms with Crippen molar-refractivity contribution >= 4 is 0 Å². The minimum absolute atomic E-state index is 0.559. The molecule has 2 heteroatoms. The molecular formula is C15H26N2. The first kappa shape index (κ1) is 14.2. The molecule has 0 amide bonds. The monoisotopic (exact) mass is 234 g/mol. The van der Waals surface area contributed by atoms with Crippen LogP contribution in [0.2, 0.25) is 0 Å². The Balaban J connectivity index is 2.34. The maximum atomic E-state index is 3.56. The number of likely N-dealkylation sites (N-methyl/N-ethyl adjacent to an activating group) is 1. The molecule has 1 aromatic carbocycles. The Morgan fingerprint density at radius 2 is 1.82 bits per heavy atom. The van der Waals surface area contributed by atoms with E-state index < -0.39 is 0 Å². The van der Waals surface area contributed by atoms with Gasteiger partial charge in [-0.2, -0.15) is 0 Å². The zero-order valence-electron chi connectivity index (χ0n) is 11.6. The Kier molecular flexibility index (Phi) is 6.23. The van der Waals surface area contributed by atoms with E-state index >= 15 is 0 Å².